The topological polar surface area (TPSA) is 63.6 Å². The molecule has 31 heavy (non-hydrogen) atoms. The van der Waals surface area contributed by atoms with Crippen LogP contribution < -0.4 is 0 Å². The smallest absolute Gasteiger partial charge is 0.302 e. The van der Waals surface area contributed by atoms with E-state index >= 15 is 0 Å². The predicted molar refractivity (Wildman–Crippen MR) is 122 cm³/mol. The zero-order chi connectivity index (χ0) is 23.0. The van der Waals surface area contributed by atoms with Gasteiger partial charge in [-0.3, -0.25) is 9.59 Å². The van der Waals surface area contributed by atoms with E-state index in [0.717, 1.165) is 48.5 Å². The number of quaternary nitrogens is 1. The Morgan fingerprint density at radius 2 is 1.81 bits per heavy atom. The molecule has 0 amide bonds. The summed E-state index contributed by atoms with van der Waals surface area (Å²) < 4.78 is 5.59. The SMILES string of the molecule is CC(=O)OCC[N+](C)(C)C.C[C@]12CC[C@H]3[C@@H](CCC4=CC(=O)CC[C@@]43C)[C@@H]1CC[C@@H]2O. The van der Waals surface area contributed by atoms with E-state index in [4.69, 9.17) is 4.74 Å². The normalized spacial score (nSPS) is 39.3. The van der Waals surface area contributed by atoms with Crippen molar-refractivity contribution >= 4 is 11.8 Å². The van der Waals surface area contributed by atoms with E-state index in [1.54, 1.807) is 0 Å². The van der Waals surface area contributed by atoms with Gasteiger partial charge in [0.1, 0.15) is 13.2 Å². The predicted octanol–water partition coefficient (Wildman–Crippen LogP) is 4.13. The van der Waals surface area contributed by atoms with Crippen LogP contribution >= 0.6 is 0 Å². The molecule has 176 valence electrons. The third-order valence-electron chi connectivity index (χ3n) is 8.98. The van der Waals surface area contributed by atoms with Gasteiger partial charge in [-0.25, -0.2) is 0 Å². The van der Waals surface area contributed by atoms with Crippen LogP contribution in [-0.4, -0.2) is 61.7 Å². The maximum atomic E-state index is 11.8. The molecule has 0 aromatic rings. The third-order valence-corrected chi connectivity index (χ3v) is 8.98. The van der Waals surface area contributed by atoms with Gasteiger partial charge in [-0.1, -0.05) is 19.4 Å². The average Bonchev–Trinajstić information content (AvgIpc) is 2.96. The summed E-state index contributed by atoms with van der Waals surface area (Å²) in [6.45, 7) is 7.56. The number of fused-ring (bicyclic) bond motifs is 5. The number of hydrogen-bond acceptors (Lipinski definition) is 4. The molecule has 0 bridgehead atoms. The molecule has 0 heterocycles. The van der Waals surface area contributed by atoms with Gasteiger partial charge in [0.05, 0.1) is 27.2 Å². The van der Waals surface area contributed by atoms with Crippen LogP contribution in [0, 0.1) is 28.6 Å². The third kappa shape index (κ3) is 5.08. The zero-order valence-electron chi connectivity index (χ0n) is 20.6. The molecule has 5 nitrogen and oxygen atoms in total. The highest BCUT2D eigenvalue weighted by molar-refractivity contribution is 5.91. The summed E-state index contributed by atoms with van der Waals surface area (Å²) >= 11 is 0. The summed E-state index contributed by atoms with van der Waals surface area (Å²) in [5.41, 5.74) is 1.89. The van der Waals surface area contributed by atoms with Crippen LogP contribution in [0.1, 0.15) is 72.1 Å². The molecule has 0 aromatic heterocycles. The molecule has 0 aliphatic heterocycles. The number of hydrogen-bond donors (Lipinski definition) is 1. The van der Waals surface area contributed by atoms with E-state index in [2.05, 4.69) is 35.0 Å². The van der Waals surface area contributed by atoms with E-state index in [0.29, 0.717) is 18.3 Å². The molecule has 0 saturated heterocycles. The molecular weight excluding hydrogens is 390 g/mol. The van der Waals surface area contributed by atoms with Crippen molar-refractivity contribution in [1.82, 2.24) is 0 Å². The lowest BCUT2D eigenvalue weighted by molar-refractivity contribution is -0.870. The van der Waals surface area contributed by atoms with E-state index in [1.165, 1.54) is 38.2 Å². The molecule has 3 fully saturated rings. The van der Waals surface area contributed by atoms with Gasteiger partial charge in [0, 0.05) is 13.3 Å². The maximum absolute atomic E-state index is 11.8. The minimum atomic E-state index is -0.201. The Balaban J connectivity index is 0.000000233. The molecule has 1 N–H and O–H groups in total. The van der Waals surface area contributed by atoms with Crippen LogP contribution in [0.4, 0.5) is 0 Å². The fourth-order valence-electron chi connectivity index (χ4n) is 7.00. The lowest BCUT2D eigenvalue weighted by Gasteiger charge is -2.57. The van der Waals surface area contributed by atoms with E-state index in [-0.39, 0.29) is 22.9 Å². The van der Waals surface area contributed by atoms with Crippen LogP contribution in [0.25, 0.3) is 0 Å². The largest absolute Gasteiger partial charge is 0.460 e. The Morgan fingerprint density at radius 3 is 2.45 bits per heavy atom. The first-order valence-corrected chi connectivity index (χ1v) is 12.2. The van der Waals surface area contributed by atoms with Crippen molar-refractivity contribution in [3.63, 3.8) is 0 Å². The molecular formula is C26H44NO4+. The summed E-state index contributed by atoms with van der Waals surface area (Å²) in [5, 5.41) is 10.4. The number of carbonyl (C=O) groups excluding carboxylic acids is 2. The molecule has 0 radical (unpaired) electrons. The first-order valence-electron chi connectivity index (χ1n) is 12.2. The minimum Gasteiger partial charge on any atom is -0.460 e. The van der Waals surface area contributed by atoms with Crippen LogP contribution in [-0.2, 0) is 14.3 Å². The van der Waals surface area contributed by atoms with Gasteiger partial charge in [0.2, 0.25) is 0 Å². The Kier molecular flexibility index (Phi) is 7.08. The van der Waals surface area contributed by atoms with Gasteiger partial charge < -0.3 is 14.3 Å². The summed E-state index contributed by atoms with van der Waals surface area (Å²) in [6, 6.07) is 0. The summed E-state index contributed by atoms with van der Waals surface area (Å²) in [7, 11) is 6.18. The van der Waals surface area contributed by atoms with E-state index < -0.39 is 0 Å². The summed E-state index contributed by atoms with van der Waals surface area (Å²) in [6.07, 6.45) is 10.7. The van der Waals surface area contributed by atoms with Crippen molar-refractivity contribution in [2.45, 2.75) is 78.2 Å². The number of allylic oxidation sites excluding steroid dienone is 1. The number of ether oxygens (including phenoxy) is 1. The van der Waals surface area contributed by atoms with Gasteiger partial charge in [-0.2, -0.15) is 0 Å². The highest BCUT2D eigenvalue weighted by atomic mass is 16.5. The van der Waals surface area contributed by atoms with Crippen LogP contribution in [0.2, 0.25) is 0 Å². The molecule has 4 rings (SSSR count). The first kappa shape index (κ1) is 24.4. The number of nitrogens with zero attached hydrogens (tertiary/aromatic N) is 1. The van der Waals surface area contributed by atoms with Crippen LogP contribution in [0.3, 0.4) is 0 Å². The number of ketones is 1. The van der Waals surface area contributed by atoms with Crippen molar-refractivity contribution in [1.29, 1.82) is 0 Å². The molecule has 4 aliphatic carbocycles. The van der Waals surface area contributed by atoms with Crippen molar-refractivity contribution < 1.29 is 23.9 Å². The van der Waals surface area contributed by atoms with E-state index in [1.807, 2.05) is 6.08 Å². The van der Waals surface area contributed by atoms with Gasteiger partial charge in [-0.15, -0.1) is 0 Å². The monoisotopic (exact) mass is 434 g/mol. The van der Waals surface area contributed by atoms with Gasteiger partial charge in [0.25, 0.3) is 0 Å². The molecule has 6 atom stereocenters. The number of likely N-dealkylation sites (N-methyl/N-ethyl adjacent to an activating group) is 1. The van der Waals surface area contributed by atoms with Crippen molar-refractivity contribution in [3.05, 3.63) is 11.6 Å². The fraction of sp³-hybridized carbons (Fsp3) is 0.846. The minimum absolute atomic E-state index is 0.0823. The first-order chi connectivity index (χ1) is 14.4. The maximum Gasteiger partial charge on any atom is 0.302 e. The lowest BCUT2D eigenvalue weighted by Crippen LogP contribution is -2.51. The number of aliphatic hydroxyl groups excluding tert-OH is 1. The van der Waals surface area contributed by atoms with Crippen LogP contribution in [0.15, 0.2) is 11.6 Å². The second kappa shape index (κ2) is 8.97. The summed E-state index contributed by atoms with van der Waals surface area (Å²) in [4.78, 5) is 22.1. The fourth-order valence-corrected chi connectivity index (χ4v) is 7.00. The lowest BCUT2D eigenvalue weighted by atomic mass is 9.47. The van der Waals surface area contributed by atoms with Gasteiger partial charge in [0.15, 0.2) is 5.78 Å². The molecule has 0 spiro atoms. The Labute approximate surface area is 188 Å². The molecule has 4 aliphatic rings. The van der Waals surface area contributed by atoms with Crippen molar-refractivity contribution in [3.8, 4) is 0 Å². The standard InChI is InChI=1S/C19H28O2.C7H16NO2/c1-18-9-7-13(20)11-12(18)3-4-14-15-5-6-17(21)19(15,2)10-8-16(14)18;1-7(9)10-6-5-8(2,3)4/h11,14-17,21H,3-10H2,1-2H3;5-6H2,1-4H3/q;+1/t14-,15-,16-,17-,18-,19-;/m0./s1. The number of carbonyl (C=O) groups is 2. The Bertz CT molecular complexity index is 723. The Morgan fingerprint density at radius 1 is 1.10 bits per heavy atom. The van der Waals surface area contributed by atoms with E-state index in [9.17, 15) is 14.7 Å². The van der Waals surface area contributed by atoms with Gasteiger partial charge in [-0.05, 0) is 79.6 Å². The average molecular weight is 435 g/mol. The number of rotatable bonds is 3. The number of aliphatic hydroxyl groups is 1. The Hall–Kier alpha value is -1.20. The second-order valence-electron chi connectivity index (χ2n) is 12.0. The quantitative estimate of drug-likeness (QED) is 0.536. The second-order valence-corrected chi connectivity index (χ2v) is 12.0. The van der Waals surface area contributed by atoms with Crippen molar-refractivity contribution in [2.24, 2.45) is 28.6 Å². The molecule has 3 saturated carbocycles. The molecule has 5 heteroatoms. The van der Waals surface area contributed by atoms with Crippen molar-refractivity contribution in [2.75, 3.05) is 34.3 Å². The molecule has 0 aromatic carbocycles. The molecule has 0 unspecified atom stereocenters. The van der Waals surface area contributed by atoms with Crippen LogP contribution in [0.5, 0.6) is 0 Å². The van der Waals surface area contributed by atoms with Gasteiger partial charge >= 0.3 is 5.97 Å². The highest BCUT2D eigenvalue weighted by Gasteiger charge is 2.58. The zero-order valence-corrected chi connectivity index (χ0v) is 20.6. The summed E-state index contributed by atoms with van der Waals surface area (Å²) in [5.74, 6) is 2.37. The number of esters is 1. The highest BCUT2D eigenvalue weighted by Crippen LogP contribution is 2.65.